The molecule has 4 nitrogen and oxygen atoms in total. The van der Waals surface area contributed by atoms with Crippen LogP contribution >= 0.6 is 0 Å². The molecule has 2 rings (SSSR count). The van der Waals surface area contributed by atoms with Crippen LogP contribution < -0.4 is 4.74 Å². The number of Topliss-reactive ketones (excluding diaryl/α,β-unsaturated/α-hetero) is 1. The van der Waals surface area contributed by atoms with Gasteiger partial charge < -0.3 is 9.47 Å². The highest BCUT2D eigenvalue weighted by Crippen LogP contribution is 2.27. The number of esters is 1. The van der Waals surface area contributed by atoms with Gasteiger partial charge >= 0.3 is 5.97 Å². The predicted molar refractivity (Wildman–Crippen MR) is 120 cm³/mol. The summed E-state index contributed by atoms with van der Waals surface area (Å²) in [5.41, 5.74) is 3.73. The highest BCUT2D eigenvalue weighted by Gasteiger charge is 2.21. The van der Waals surface area contributed by atoms with Crippen LogP contribution in [0.2, 0.25) is 0 Å². The van der Waals surface area contributed by atoms with Gasteiger partial charge in [-0.1, -0.05) is 52.0 Å². The summed E-state index contributed by atoms with van der Waals surface area (Å²) in [5.74, 6) is 0.977. The van der Waals surface area contributed by atoms with Crippen LogP contribution in [0.25, 0.3) is 0 Å². The molecule has 0 spiro atoms. The first-order valence-electron chi connectivity index (χ1n) is 10.6. The second-order valence-electron chi connectivity index (χ2n) is 8.82. The Bertz CT molecular complexity index is 860. The van der Waals surface area contributed by atoms with E-state index in [1.54, 1.807) is 0 Å². The Morgan fingerprint density at radius 3 is 2.23 bits per heavy atom. The number of methoxy groups -OCH3 is 1. The summed E-state index contributed by atoms with van der Waals surface area (Å²) >= 11 is 0. The van der Waals surface area contributed by atoms with Crippen LogP contribution in [-0.2, 0) is 16.0 Å². The van der Waals surface area contributed by atoms with Gasteiger partial charge in [-0.3, -0.25) is 4.79 Å². The number of hydrogen-bond acceptors (Lipinski definition) is 4. The molecule has 0 aliphatic rings. The Morgan fingerprint density at radius 2 is 1.70 bits per heavy atom. The molecule has 0 radical (unpaired) electrons. The number of ketones is 1. The zero-order valence-electron chi connectivity index (χ0n) is 19.1. The van der Waals surface area contributed by atoms with Crippen molar-refractivity contribution >= 4 is 11.8 Å². The molecule has 0 aliphatic carbocycles. The molecule has 0 aliphatic heterocycles. The Kier molecular flexibility index (Phi) is 8.22. The lowest BCUT2D eigenvalue weighted by Gasteiger charge is -2.18. The first-order valence-corrected chi connectivity index (χ1v) is 10.6. The van der Waals surface area contributed by atoms with Gasteiger partial charge in [-0.2, -0.15) is 0 Å². The van der Waals surface area contributed by atoms with Gasteiger partial charge in [0.05, 0.1) is 12.7 Å². The number of hydrogen-bond donors (Lipinski definition) is 0. The lowest BCUT2D eigenvalue weighted by Crippen LogP contribution is -2.26. The van der Waals surface area contributed by atoms with Crippen LogP contribution in [0.4, 0.5) is 0 Å². The summed E-state index contributed by atoms with van der Waals surface area (Å²) in [6, 6.07) is 13.9. The van der Waals surface area contributed by atoms with Crippen molar-refractivity contribution in [3.63, 3.8) is 0 Å². The Labute approximate surface area is 180 Å². The molecule has 30 heavy (non-hydrogen) atoms. The first kappa shape index (κ1) is 23.7. The summed E-state index contributed by atoms with van der Waals surface area (Å²) < 4.78 is 10.5. The fourth-order valence-corrected chi connectivity index (χ4v) is 3.35. The van der Waals surface area contributed by atoms with Crippen LogP contribution in [0.5, 0.6) is 5.75 Å². The van der Waals surface area contributed by atoms with E-state index >= 15 is 0 Å². The number of aryl methyl sites for hydroxylation is 2. The van der Waals surface area contributed by atoms with Crippen LogP contribution in [0.15, 0.2) is 42.5 Å². The molecule has 2 aromatic rings. The van der Waals surface area contributed by atoms with Crippen LogP contribution in [0.3, 0.4) is 0 Å². The maximum absolute atomic E-state index is 12.1. The molecular weight excluding hydrogens is 376 g/mol. The van der Waals surface area contributed by atoms with Gasteiger partial charge in [0.2, 0.25) is 0 Å². The summed E-state index contributed by atoms with van der Waals surface area (Å²) in [6.45, 7) is 10.0. The summed E-state index contributed by atoms with van der Waals surface area (Å²) in [5, 5.41) is 0. The van der Waals surface area contributed by atoms with Crippen molar-refractivity contribution in [3.8, 4) is 5.75 Å². The molecule has 0 aromatic heterocycles. The molecule has 0 fully saturated rings. The quantitative estimate of drug-likeness (QED) is 0.483. The largest absolute Gasteiger partial charge is 0.486 e. The predicted octanol–water partition coefficient (Wildman–Crippen LogP) is 5.90. The zero-order chi connectivity index (χ0) is 22.3. The van der Waals surface area contributed by atoms with Crippen molar-refractivity contribution in [2.75, 3.05) is 13.7 Å². The Hall–Kier alpha value is -2.62. The minimum atomic E-state index is -0.391. The normalized spacial score (nSPS) is 12.3. The van der Waals surface area contributed by atoms with Gasteiger partial charge in [0, 0.05) is 5.41 Å². The number of benzene rings is 2. The molecule has 0 heterocycles. The Morgan fingerprint density at radius 1 is 1.03 bits per heavy atom. The highest BCUT2D eigenvalue weighted by atomic mass is 16.5. The minimum absolute atomic E-state index is 0.0926. The van der Waals surface area contributed by atoms with E-state index in [-0.39, 0.29) is 18.4 Å². The fraction of sp³-hybridized carbons (Fsp3) is 0.462. The highest BCUT2D eigenvalue weighted by molar-refractivity contribution is 5.89. The average molecular weight is 411 g/mol. The lowest BCUT2D eigenvalue weighted by molar-refractivity contribution is -0.128. The van der Waals surface area contributed by atoms with Crippen molar-refractivity contribution in [2.24, 2.45) is 5.41 Å². The van der Waals surface area contributed by atoms with Gasteiger partial charge in [-0.15, -0.1) is 0 Å². The molecule has 0 N–H and O–H groups in total. The zero-order valence-corrected chi connectivity index (χ0v) is 19.1. The summed E-state index contributed by atoms with van der Waals surface area (Å²) in [7, 11) is 1.39. The SMILES string of the molecule is CCC(CCc1ccc(OCC(=O)C(C)(C)C)c(C)c1)c1ccc(C(=O)OC)cc1. The second-order valence-corrected chi connectivity index (χ2v) is 8.82. The fourth-order valence-electron chi connectivity index (χ4n) is 3.35. The summed E-state index contributed by atoms with van der Waals surface area (Å²) in [4.78, 5) is 23.7. The van der Waals surface area contributed by atoms with Gasteiger partial charge in [-0.25, -0.2) is 4.79 Å². The van der Waals surface area contributed by atoms with Gasteiger partial charge in [0.1, 0.15) is 12.4 Å². The monoisotopic (exact) mass is 410 g/mol. The minimum Gasteiger partial charge on any atom is -0.486 e. The molecule has 4 heteroatoms. The number of rotatable bonds is 9. The van der Waals surface area contributed by atoms with Crippen molar-refractivity contribution < 1.29 is 19.1 Å². The van der Waals surface area contributed by atoms with E-state index in [1.165, 1.54) is 18.2 Å². The van der Waals surface area contributed by atoms with Crippen molar-refractivity contribution in [1.29, 1.82) is 0 Å². The second kappa shape index (κ2) is 10.4. The van der Waals surface area contributed by atoms with Crippen molar-refractivity contribution in [1.82, 2.24) is 0 Å². The smallest absolute Gasteiger partial charge is 0.337 e. The van der Waals surface area contributed by atoms with Gasteiger partial charge in [0.25, 0.3) is 0 Å². The summed E-state index contributed by atoms with van der Waals surface area (Å²) in [6.07, 6.45) is 3.02. The molecule has 0 bridgehead atoms. The van der Waals surface area contributed by atoms with Crippen molar-refractivity contribution in [3.05, 3.63) is 64.7 Å². The third-order valence-electron chi connectivity index (χ3n) is 5.51. The van der Waals surface area contributed by atoms with E-state index in [9.17, 15) is 9.59 Å². The third-order valence-corrected chi connectivity index (χ3v) is 5.51. The van der Waals surface area contributed by atoms with Crippen LogP contribution in [-0.4, -0.2) is 25.5 Å². The topological polar surface area (TPSA) is 52.6 Å². The van der Waals surface area contributed by atoms with E-state index in [1.807, 2.05) is 58.0 Å². The number of carbonyl (C=O) groups is 2. The molecule has 0 amide bonds. The number of ether oxygens (including phenoxy) is 2. The third kappa shape index (κ3) is 6.45. The first-order chi connectivity index (χ1) is 14.2. The van der Waals surface area contributed by atoms with E-state index in [4.69, 9.17) is 9.47 Å². The molecule has 1 unspecified atom stereocenters. The molecule has 2 aromatic carbocycles. The van der Waals surface area contributed by atoms with E-state index in [0.717, 1.165) is 30.6 Å². The molecule has 0 saturated carbocycles. The van der Waals surface area contributed by atoms with Gasteiger partial charge in [-0.05, 0) is 67.0 Å². The van der Waals surface area contributed by atoms with E-state index in [2.05, 4.69) is 19.1 Å². The van der Waals surface area contributed by atoms with Crippen molar-refractivity contribution in [2.45, 2.75) is 59.8 Å². The maximum atomic E-state index is 12.1. The molecule has 162 valence electrons. The molecule has 1 atom stereocenters. The molecule has 0 saturated heterocycles. The van der Waals surface area contributed by atoms with E-state index in [0.29, 0.717) is 11.5 Å². The van der Waals surface area contributed by atoms with Gasteiger partial charge in [0.15, 0.2) is 5.78 Å². The average Bonchev–Trinajstić information content (AvgIpc) is 2.72. The van der Waals surface area contributed by atoms with E-state index < -0.39 is 5.41 Å². The number of carbonyl (C=O) groups excluding carboxylic acids is 2. The molecular formula is C26H34O4. The van der Waals surface area contributed by atoms with Crippen LogP contribution in [0.1, 0.15) is 73.5 Å². The Balaban J connectivity index is 1.98. The standard InChI is InChI=1S/C26H34O4/c1-7-20(21-11-13-22(14-12-21)25(28)29-6)10-8-19-9-15-23(18(2)16-19)30-17-24(27)26(3,4)5/h9,11-16,20H,7-8,10,17H2,1-6H3. The maximum Gasteiger partial charge on any atom is 0.337 e. The van der Waals surface area contributed by atoms with Crippen LogP contribution in [0, 0.1) is 12.3 Å². The lowest BCUT2D eigenvalue weighted by atomic mass is 9.89.